The highest BCUT2D eigenvalue weighted by atomic mass is 16.5. The van der Waals surface area contributed by atoms with E-state index in [9.17, 15) is 19.2 Å². The molecule has 4 heterocycles. The van der Waals surface area contributed by atoms with Crippen LogP contribution in [0.25, 0.3) is 44.5 Å². The predicted molar refractivity (Wildman–Crippen MR) is 297 cm³/mol. The molecule has 3 fully saturated rings. The van der Waals surface area contributed by atoms with E-state index in [0.29, 0.717) is 67.8 Å². The van der Waals surface area contributed by atoms with Crippen molar-refractivity contribution in [3.63, 3.8) is 0 Å². The lowest BCUT2D eigenvalue weighted by molar-refractivity contribution is 0.0592. The molecule has 1 saturated carbocycles. The Hall–Kier alpha value is -8.34. The molecule has 0 amide bonds. The topological polar surface area (TPSA) is 176 Å². The van der Waals surface area contributed by atoms with Gasteiger partial charge in [0.2, 0.25) is 0 Å². The molecule has 392 valence electrons. The van der Waals surface area contributed by atoms with Crippen molar-refractivity contribution in [2.24, 2.45) is 0 Å². The fourth-order valence-electron chi connectivity index (χ4n) is 12.0. The average molecular weight is 1030 g/mol. The maximum atomic E-state index is 13.9. The molecule has 2 N–H and O–H groups in total. The van der Waals surface area contributed by atoms with Gasteiger partial charge in [-0.3, -0.25) is 19.4 Å². The van der Waals surface area contributed by atoms with E-state index in [4.69, 9.17) is 18.5 Å². The van der Waals surface area contributed by atoms with Crippen molar-refractivity contribution in [1.82, 2.24) is 20.1 Å². The Kier molecular flexibility index (Phi) is 13.5. The van der Waals surface area contributed by atoms with Crippen LogP contribution in [0, 0.1) is 0 Å². The monoisotopic (exact) mass is 1030 g/mol. The van der Waals surface area contributed by atoms with Gasteiger partial charge in [0.1, 0.15) is 11.0 Å². The zero-order chi connectivity index (χ0) is 52.7. The number of hydrogen-bond acceptors (Lipinski definition) is 16. The van der Waals surface area contributed by atoms with Gasteiger partial charge in [-0.15, -0.1) is 0 Å². The van der Waals surface area contributed by atoms with Gasteiger partial charge in [0.25, 0.3) is 0 Å². The van der Waals surface area contributed by atoms with E-state index in [0.717, 1.165) is 115 Å². The highest BCUT2D eigenvalue weighted by Gasteiger charge is 2.37. The molecule has 6 aromatic carbocycles. The van der Waals surface area contributed by atoms with Crippen molar-refractivity contribution < 1.29 is 37.7 Å². The SMILES string of the molecule is CCCN1CCN(c2cc(Nc3ccc(C(=O)OC)cc3)c3c4c(onc24)-c2ccccc2C3=O)CC1.COC(=O)c1ccc(Nc2cc(N3CCN(C4CCCCC4)CC3)c3noc4c3c2C(=O)c2ccccc2-4)cc1. The van der Waals surface area contributed by atoms with Crippen LogP contribution in [-0.2, 0) is 9.47 Å². The summed E-state index contributed by atoms with van der Waals surface area (Å²) in [6.07, 6.45) is 7.76. The summed E-state index contributed by atoms with van der Waals surface area (Å²) in [7, 11) is 2.73. The van der Waals surface area contributed by atoms with Crippen LogP contribution in [-0.4, -0.2) is 123 Å². The zero-order valence-corrected chi connectivity index (χ0v) is 43.5. The number of ether oxygens (including phenoxy) is 2. The second-order valence-electron chi connectivity index (χ2n) is 20.4. The normalized spacial score (nSPS) is 16.4. The van der Waals surface area contributed by atoms with Crippen molar-refractivity contribution in [3.8, 4) is 22.6 Å². The molecular weight excluding hydrogens is 973 g/mol. The Morgan fingerprint density at radius 1 is 0.571 bits per heavy atom. The van der Waals surface area contributed by atoms with Crippen molar-refractivity contribution in [1.29, 1.82) is 0 Å². The first kappa shape index (κ1) is 49.5. The van der Waals surface area contributed by atoms with Gasteiger partial charge in [0.15, 0.2) is 23.1 Å². The molecule has 0 bridgehead atoms. The van der Waals surface area contributed by atoms with E-state index >= 15 is 0 Å². The third-order valence-corrected chi connectivity index (χ3v) is 15.9. The number of carbonyl (C=O) groups is 4. The molecule has 5 aliphatic rings. The molecule has 2 aromatic heterocycles. The van der Waals surface area contributed by atoms with Gasteiger partial charge in [0.05, 0.1) is 70.0 Å². The van der Waals surface area contributed by atoms with Crippen LogP contribution >= 0.6 is 0 Å². The largest absolute Gasteiger partial charge is 0.465 e. The number of rotatable bonds is 11. The van der Waals surface area contributed by atoms with Gasteiger partial charge in [-0.2, -0.15) is 0 Å². The molecular formula is C61H60N8O8. The first-order valence-corrected chi connectivity index (χ1v) is 26.8. The van der Waals surface area contributed by atoms with Gasteiger partial charge < -0.3 is 39.0 Å². The second-order valence-corrected chi connectivity index (χ2v) is 20.4. The smallest absolute Gasteiger partial charge is 0.337 e. The van der Waals surface area contributed by atoms with Crippen molar-refractivity contribution >= 4 is 79.4 Å². The predicted octanol–water partition coefficient (Wildman–Crippen LogP) is 11.1. The molecule has 16 heteroatoms. The van der Waals surface area contributed by atoms with Crippen LogP contribution in [0.3, 0.4) is 0 Å². The molecule has 0 unspecified atom stereocenters. The summed E-state index contributed by atoms with van der Waals surface area (Å²) in [5.41, 5.74) is 11.0. The molecule has 77 heavy (non-hydrogen) atoms. The molecule has 8 aromatic rings. The number of ketones is 2. The summed E-state index contributed by atoms with van der Waals surface area (Å²) in [5.74, 6) is 0.345. The first-order valence-electron chi connectivity index (χ1n) is 26.8. The molecule has 2 aliphatic heterocycles. The van der Waals surface area contributed by atoms with Crippen molar-refractivity contribution in [2.75, 3.05) is 93.6 Å². The van der Waals surface area contributed by atoms with Crippen LogP contribution in [0.5, 0.6) is 0 Å². The van der Waals surface area contributed by atoms with Crippen molar-refractivity contribution in [2.45, 2.75) is 51.5 Å². The Morgan fingerprint density at radius 3 is 1.43 bits per heavy atom. The maximum absolute atomic E-state index is 13.9. The number of carbonyl (C=O) groups excluding carboxylic acids is 4. The number of aromatic nitrogens is 2. The number of methoxy groups -OCH3 is 2. The highest BCUT2D eigenvalue weighted by Crippen LogP contribution is 2.48. The summed E-state index contributed by atoms with van der Waals surface area (Å²) >= 11 is 0. The molecule has 13 rings (SSSR count). The van der Waals surface area contributed by atoms with Crippen LogP contribution < -0.4 is 20.4 Å². The minimum Gasteiger partial charge on any atom is -0.465 e. The summed E-state index contributed by atoms with van der Waals surface area (Å²) in [4.78, 5) is 61.3. The molecule has 16 nitrogen and oxygen atoms in total. The second kappa shape index (κ2) is 21.0. The lowest BCUT2D eigenvalue weighted by atomic mass is 9.86. The van der Waals surface area contributed by atoms with E-state index in [1.165, 1.54) is 46.3 Å². The van der Waals surface area contributed by atoms with Gasteiger partial charge >= 0.3 is 11.9 Å². The molecule has 2 saturated heterocycles. The molecule has 3 aliphatic carbocycles. The highest BCUT2D eigenvalue weighted by molar-refractivity contribution is 6.30. The van der Waals surface area contributed by atoms with Gasteiger partial charge in [-0.1, -0.05) is 85.0 Å². The minimum atomic E-state index is -0.395. The number of piperazine rings is 2. The minimum absolute atomic E-state index is 0.0568. The van der Waals surface area contributed by atoms with Gasteiger partial charge in [-0.05, 0) is 86.5 Å². The number of hydrogen-bond donors (Lipinski definition) is 2. The van der Waals surface area contributed by atoms with E-state index in [1.54, 1.807) is 24.3 Å². The Morgan fingerprint density at radius 2 is 1.00 bits per heavy atom. The standard InChI is InChI=1S/C32H32N4O4.C29H28N4O4/c1-39-32(38)20-11-13-21(14-12-20)33-25-19-26(36-17-15-35(16-18-36)22-7-3-2-4-8-22)29-28-27(25)30(37)23-9-5-6-10-24(23)31(28)40-34-29;1-3-12-32-13-15-33(16-14-32)23-17-22(30-19-10-8-18(9-11-19)29(35)36-2)24-25-26(23)31-37-28(25)21-7-5-4-6-20(21)27(24)34/h5-6,9-14,19,22,33H,2-4,7-8,15-18H2,1H3;4-11,17,30H,3,12-16H2,1-2H3. The Bertz CT molecular complexity index is 3570. The average Bonchev–Trinajstić information content (AvgIpc) is 4.34. The summed E-state index contributed by atoms with van der Waals surface area (Å²) < 4.78 is 21.5. The fraction of sp³-hybridized carbons (Fsp3) is 0.311. The number of fused-ring (bicyclic) bond motifs is 4. The summed E-state index contributed by atoms with van der Waals surface area (Å²) in [6, 6.07) is 33.9. The zero-order valence-electron chi connectivity index (χ0n) is 43.5. The fourth-order valence-corrected chi connectivity index (χ4v) is 12.0. The van der Waals surface area contributed by atoms with Crippen LogP contribution in [0.2, 0.25) is 0 Å². The first-order chi connectivity index (χ1) is 37.7. The Balaban J connectivity index is 0.000000155. The van der Waals surface area contributed by atoms with E-state index < -0.39 is 11.9 Å². The number of nitrogens with one attached hydrogen (secondary N) is 2. The molecule has 0 atom stereocenters. The lowest BCUT2D eigenvalue weighted by Crippen LogP contribution is -2.51. The van der Waals surface area contributed by atoms with Gasteiger partial charge in [-0.25, -0.2) is 9.59 Å². The van der Waals surface area contributed by atoms with Crippen LogP contribution in [0.15, 0.2) is 118 Å². The number of esters is 2. The lowest BCUT2D eigenvalue weighted by Gasteiger charge is -2.41. The van der Waals surface area contributed by atoms with E-state index in [1.807, 2.05) is 84.9 Å². The number of anilines is 6. The third kappa shape index (κ3) is 9.14. The van der Waals surface area contributed by atoms with Crippen molar-refractivity contribution in [3.05, 3.63) is 143 Å². The molecule has 0 radical (unpaired) electrons. The summed E-state index contributed by atoms with van der Waals surface area (Å²) in [5, 5.41) is 17.4. The summed E-state index contributed by atoms with van der Waals surface area (Å²) in [6.45, 7) is 10.8. The number of benzene rings is 6. The third-order valence-electron chi connectivity index (χ3n) is 15.9. The van der Waals surface area contributed by atoms with Gasteiger partial charge in [0, 0.05) is 92.0 Å². The maximum Gasteiger partial charge on any atom is 0.337 e. The quantitative estimate of drug-likeness (QED) is 0.117. The molecule has 0 spiro atoms. The van der Waals surface area contributed by atoms with E-state index in [-0.39, 0.29) is 11.6 Å². The number of nitrogens with zero attached hydrogens (tertiary/aromatic N) is 6. The Labute approximate surface area is 445 Å². The van der Waals surface area contributed by atoms with E-state index in [2.05, 4.69) is 47.5 Å². The van der Waals surface area contributed by atoms with Crippen LogP contribution in [0.1, 0.15) is 98.0 Å². The van der Waals surface area contributed by atoms with Crippen LogP contribution in [0.4, 0.5) is 34.1 Å².